The van der Waals surface area contributed by atoms with Gasteiger partial charge in [0, 0.05) is 32.9 Å². The highest BCUT2D eigenvalue weighted by Gasteiger charge is 2.18. The van der Waals surface area contributed by atoms with Crippen LogP contribution >= 0.6 is 23.4 Å². The fourth-order valence-corrected chi connectivity index (χ4v) is 5.21. The van der Waals surface area contributed by atoms with Crippen molar-refractivity contribution in [3.8, 4) is 11.5 Å². The lowest BCUT2D eigenvalue weighted by molar-refractivity contribution is -0.115. The first kappa shape index (κ1) is 29.8. The smallest absolute Gasteiger partial charge is 0.272 e. The predicted molar refractivity (Wildman–Crippen MR) is 170 cm³/mol. The molecule has 4 aromatic carbocycles. The van der Waals surface area contributed by atoms with Crippen LogP contribution in [0.4, 0.5) is 11.4 Å². The average Bonchev–Trinajstić information content (AvgIpc) is 3.02. The number of rotatable bonds is 9. The summed E-state index contributed by atoms with van der Waals surface area (Å²) < 4.78 is 11.1. The van der Waals surface area contributed by atoms with Crippen LogP contribution in [0.25, 0.3) is 6.08 Å². The van der Waals surface area contributed by atoms with Crippen molar-refractivity contribution >= 4 is 58.5 Å². The fourth-order valence-electron chi connectivity index (χ4n) is 4.14. The molecule has 1 aliphatic heterocycles. The maximum absolute atomic E-state index is 13.3. The average molecular weight is 614 g/mol. The molecule has 1 aliphatic rings. The number of benzene rings is 4. The molecule has 0 saturated heterocycles. The number of hydrogen-bond acceptors (Lipinski definition) is 6. The fraction of sp³-hybridized carbons (Fsp3) is 0.121. The molecule has 3 amide bonds. The Hall–Kier alpha value is -4.73. The van der Waals surface area contributed by atoms with E-state index < -0.39 is 17.1 Å². The van der Waals surface area contributed by atoms with Gasteiger partial charge in [0.25, 0.3) is 11.8 Å². The number of carbonyl (C=O) groups is 3. The summed E-state index contributed by atoms with van der Waals surface area (Å²) in [6, 6.07) is 28.0. The largest absolute Gasteiger partial charge is 0.486 e. The summed E-state index contributed by atoms with van der Waals surface area (Å²) in [7, 11) is 0. The van der Waals surface area contributed by atoms with E-state index in [1.165, 1.54) is 11.8 Å². The minimum Gasteiger partial charge on any atom is -0.486 e. The van der Waals surface area contributed by atoms with Gasteiger partial charge in [-0.25, -0.2) is 0 Å². The Morgan fingerprint density at radius 1 is 0.814 bits per heavy atom. The summed E-state index contributed by atoms with van der Waals surface area (Å²) in [4.78, 5) is 39.8. The zero-order valence-corrected chi connectivity index (χ0v) is 24.7. The Morgan fingerprint density at radius 2 is 1.53 bits per heavy atom. The van der Waals surface area contributed by atoms with Crippen molar-refractivity contribution in [3.63, 3.8) is 0 Å². The summed E-state index contributed by atoms with van der Waals surface area (Å²) in [5.74, 6) is 0.178. The molecule has 0 spiro atoms. The van der Waals surface area contributed by atoms with E-state index in [1.54, 1.807) is 84.9 Å². The van der Waals surface area contributed by atoms with Gasteiger partial charge in [0.15, 0.2) is 11.5 Å². The first-order valence-electron chi connectivity index (χ1n) is 13.5. The Balaban J connectivity index is 1.22. The van der Waals surface area contributed by atoms with Crippen LogP contribution in [0, 0.1) is 0 Å². The third kappa shape index (κ3) is 8.18. The van der Waals surface area contributed by atoms with Gasteiger partial charge in [-0.3, -0.25) is 14.4 Å². The molecule has 0 saturated carbocycles. The highest BCUT2D eigenvalue weighted by atomic mass is 35.5. The van der Waals surface area contributed by atoms with E-state index in [0.29, 0.717) is 52.2 Å². The first-order valence-corrected chi connectivity index (χ1v) is 14.7. The van der Waals surface area contributed by atoms with Crippen molar-refractivity contribution in [1.82, 2.24) is 5.32 Å². The second kappa shape index (κ2) is 14.0. The molecule has 1 heterocycles. The van der Waals surface area contributed by atoms with Gasteiger partial charge in [-0.15, -0.1) is 11.8 Å². The Morgan fingerprint density at radius 3 is 2.28 bits per heavy atom. The van der Waals surface area contributed by atoms with Crippen molar-refractivity contribution in [1.29, 1.82) is 0 Å². The molecular formula is C33H28ClN3O5S. The Bertz CT molecular complexity index is 1660. The van der Waals surface area contributed by atoms with Gasteiger partial charge >= 0.3 is 0 Å². The third-order valence-corrected chi connectivity index (χ3v) is 7.64. The van der Waals surface area contributed by atoms with Crippen LogP contribution in [0.15, 0.2) is 108 Å². The maximum atomic E-state index is 13.3. The number of fused-ring (bicyclic) bond motifs is 1. The van der Waals surface area contributed by atoms with Crippen LogP contribution in [0.2, 0.25) is 5.02 Å². The molecule has 3 N–H and O–H groups in total. The molecule has 0 radical (unpaired) electrons. The highest BCUT2D eigenvalue weighted by molar-refractivity contribution is 8.00. The van der Waals surface area contributed by atoms with Gasteiger partial charge in [0.1, 0.15) is 18.9 Å². The monoisotopic (exact) mass is 613 g/mol. The lowest BCUT2D eigenvalue weighted by atomic mass is 10.1. The molecule has 43 heavy (non-hydrogen) atoms. The summed E-state index contributed by atoms with van der Waals surface area (Å²) >= 11 is 7.50. The van der Waals surface area contributed by atoms with Crippen molar-refractivity contribution in [2.45, 2.75) is 17.1 Å². The standard InChI is InChI=1S/C33H28ClN3O5S/c1-21(31(38)36-26-12-15-29-30(20-26)42-17-16-41-29)43-27-13-10-25(11-14-27)35-33(40)28(19-22-6-5-9-24(34)18-22)37-32(39)23-7-3-2-4-8-23/h2-15,18-21H,16-17H2,1H3,(H,35,40)(H,36,38)(H,37,39)/b28-19-. The molecule has 5 rings (SSSR count). The quantitative estimate of drug-likeness (QED) is 0.144. The van der Waals surface area contributed by atoms with E-state index in [2.05, 4.69) is 16.0 Å². The number of anilines is 2. The van der Waals surface area contributed by atoms with Gasteiger partial charge < -0.3 is 25.4 Å². The lowest BCUT2D eigenvalue weighted by Crippen LogP contribution is -2.30. The minimum absolute atomic E-state index is 0.0546. The summed E-state index contributed by atoms with van der Waals surface area (Å²) in [5.41, 5.74) is 2.27. The number of ether oxygens (including phenoxy) is 2. The molecule has 0 aromatic heterocycles. The van der Waals surface area contributed by atoms with E-state index in [9.17, 15) is 14.4 Å². The van der Waals surface area contributed by atoms with Crippen molar-refractivity contribution in [2.24, 2.45) is 0 Å². The number of hydrogen-bond donors (Lipinski definition) is 3. The second-order valence-electron chi connectivity index (χ2n) is 9.52. The molecule has 218 valence electrons. The van der Waals surface area contributed by atoms with Crippen LogP contribution in [0.5, 0.6) is 11.5 Å². The van der Waals surface area contributed by atoms with Crippen LogP contribution in [0.3, 0.4) is 0 Å². The Labute approximate surface area is 258 Å². The van der Waals surface area contributed by atoms with Gasteiger partial charge in [-0.2, -0.15) is 0 Å². The van der Waals surface area contributed by atoms with Gasteiger partial charge in [-0.05, 0) is 79.2 Å². The minimum atomic E-state index is -0.503. The van der Waals surface area contributed by atoms with E-state index in [-0.39, 0.29) is 11.6 Å². The zero-order valence-electron chi connectivity index (χ0n) is 23.1. The van der Waals surface area contributed by atoms with Crippen LogP contribution in [0.1, 0.15) is 22.8 Å². The molecule has 10 heteroatoms. The zero-order chi connectivity index (χ0) is 30.2. The maximum Gasteiger partial charge on any atom is 0.272 e. The van der Waals surface area contributed by atoms with Crippen molar-refractivity contribution in [2.75, 3.05) is 23.8 Å². The van der Waals surface area contributed by atoms with E-state index in [4.69, 9.17) is 21.1 Å². The SMILES string of the molecule is CC(Sc1ccc(NC(=O)/C(=C/c2cccc(Cl)c2)NC(=O)c2ccccc2)cc1)C(=O)Nc1ccc2c(c1)OCCO2. The van der Waals surface area contributed by atoms with Gasteiger partial charge in [-0.1, -0.05) is 41.9 Å². The summed E-state index contributed by atoms with van der Waals surface area (Å²) in [5, 5.41) is 8.56. The molecule has 8 nitrogen and oxygen atoms in total. The summed E-state index contributed by atoms with van der Waals surface area (Å²) in [6.45, 7) is 2.78. The Kier molecular flexibility index (Phi) is 9.66. The van der Waals surface area contributed by atoms with Crippen LogP contribution < -0.4 is 25.4 Å². The van der Waals surface area contributed by atoms with E-state index in [0.717, 1.165) is 4.90 Å². The molecule has 0 bridgehead atoms. The highest BCUT2D eigenvalue weighted by Crippen LogP contribution is 2.33. The van der Waals surface area contributed by atoms with Gasteiger partial charge in [0.2, 0.25) is 5.91 Å². The molecule has 1 unspecified atom stereocenters. The number of nitrogens with one attached hydrogen (secondary N) is 3. The molecule has 4 aromatic rings. The third-order valence-electron chi connectivity index (χ3n) is 6.29. The number of carbonyl (C=O) groups excluding carboxylic acids is 3. The molecule has 0 fully saturated rings. The summed E-state index contributed by atoms with van der Waals surface area (Å²) in [6.07, 6.45) is 1.56. The van der Waals surface area contributed by atoms with E-state index >= 15 is 0 Å². The first-order chi connectivity index (χ1) is 20.8. The van der Waals surface area contributed by atoms with Crippen LogP contribution in [-0.2, 0) is 9.59 Å². The van der Waals surface area contributed by atoms with Crippen molar-refractivity contribution in [3.05, 3.63) is 119 Å². The number of halogens is 1. The predicted octanol–water partition coefficient (Wildman–Crippen LogP) is 6.64. The normalized spacial score (nSPS) is 13.0. The number of thioether (sulfide) groups is 1. The van der Waals surface area contributed by atoms with Crippen LogP contribution in [-0.4, -0.2) is 36.2 Å². The second-order valence-corrected chi connectivity index (χ2v) is 11.4. The van der Waals surface area contributed by atoms with Crippen molar-refractivity contribution < 1.29 is 23.9 Å². The number of amides is 3. The van der Waals surface area contributed by atoms with Gasteiger partial charge in [0.05, 0.1) is 5.25 Å². The molecule has 0 aliphatic carbocycles. The molecule has 1 atom stereocenters. The lowest BCUT2D eigenvalue weighted by Gasteiger charge is -2.19. The van der Waals surface area contributed by atoms with E-state index in [1.807, 2.05) is 25.1 Å². The topological polar surface area (TPSA) is 106 Å². The molecular weight excluding hydrogens is 586 g/mol.